The van der Waals surface area contributed by atoms with Crippen molar-refractivity contribution in [2.75, 3.05) is 6.54 Å². The molecular formula is C26H29N3O3. The van der Waals surface area contributed by atoms with Crippen LogP contribution in [0.3, 0.4) is 0 Å². The molecule has 1 amide bonds. The van der Waals surface area contributed by atoms with Crippen molar-refractivity contribution in [3.8, 4) is 11.3 Å². The van der Waals surface area contributed by atoms with Gasteiger partial charge in [0.05, 0.1) is 23.5 Å². The van der Waals surface area contributed by atoms with Crippen LogP contribution in [0.15, 0.2) is 73.2 Å². The molecule has 32 heavy (non-hydrogen) atoms. The predicted molar refractivity (Wildman–Crippen MR) is 123 cm³/mol. The lowest BCUT2D eigenvalue weighted by atomic mass is 9.80. The van der Waals surface area contributed by atoms with Gasteiger partial charge in [-0.15, -0.1) is 0 Å². The lowest BCUT2D eigenvalue weighted by Gasteiger charge is -2.45. The number of benzene rings is 2. The first-order valence-corrected chi connectivity index (χ1v) is 10.9. The van der Waals surface area contributed by atoms with Crippen LogP contribution in [-0.2, 0) is 10.3 Å². The molecule has 166 valence electrons. The van der Waals surface area contributed by atoms with Gasteiger partial charge in [0, 0.05) is 37.3 Å². The van der Waals surface area contributed by atoms with E-state index in [2.05, 4.69) is 9.97 Å². The smallest absolute Gasteiger partial charge is 0.411 e. The number of cyclic esters (lactones) is 1. The second-order valence-electron chi connectivity index (χ2n) is 9.05. The van der Waals surface area contributed by atoms with E-state index in [4.69, 9.17) is 4.74 Å². The highest BCUT2D eigenvalue weighted by Gasteiger charge is 2.46. The summed E-state index contributed by atoms with van der Waals surface area (Å²) in [6.07, 6.45) is 5.62. The third kappa shape index (κ3) is 4.65. The molecule has 2 atom stereocenters. The molecule has 6 nitrogen and oxygen atoms in total. The molecule has 1 aliphatic heterocycles. The lowest BCUT2D eigenvalue weighted by molar-refractivity contribution is -0.101. The maximum atomic E-state index is 13.2. The first kappa shape index (κ1) is 22.0. The fraction of sp³-hybridized carbons (Fsp3) is 0.346. The summed E-state index contributed by atoms with van der Waals surface area (Å²) in [6.45, 7) is 6.04. The zero-order valence-electron chi connectivity index (χ0n) is 18.7. The first-order valence-electron chi connectivity index (χ1n) is 10.9. The van der Waals surface area contributed by atoms with E-state index in [1.807, 2.05) is 61.5 Å². The van der Waals surface area contributed by atoms with Crippen LogP contribution < -0.4 is 0 Å². The Kier molecular flexibility index (Phi) is 5.98. The monoisotopic (exact) mass is 431 g/mol. The van der Waals surface area contributed by atoms with Crippen molar-refractivity contribution in [2.45, 2.75) is 50.9 Å². The Morgan fingerprint density at radius 1 is 1.12 bits per heavy atom. The number of nitrogens with zero attached hydrogens (tertiary/aromatic N) is 3. The zero-order chi connectivity index (χ0) is 22.8. The minimum Gasteiger partial charge on any atom is -0.438 e. The van der Waals surface area contributed by atoms with E-state index in [1.165, 1.54) is 0 Å². The van der Waals surface area contributed by atoms with Crippen molar-refractivity contribution in [1.29, 1.82) is 0 Å². The number of amides is 1. The summed E-state index contributed by atoms with van der Waals surface area (Å²) in [5, 5.41) is 10.5. The average molecular weight is 432 g/mol. The fourth-order valence-corrected chi connectivity index (χ4v) is 4.45. The average Bonchev–Trinajstić information content (AvgIpc) is 2.79. The van der Waals surface area contributed by atoms with Crippen LogP contribution >= 0.6 is 0 Å². The van der Waals surface area contributed by atoms with Gasteiger partial charge in [-0.1, -0.05) is 54.6 Å². The van der Waals surface area contributed by atoms with E-state index in [9.17, 15) is 9.90 Å². The largest absolute Gasteiger partial charge is 0.438 e. The van der Waals surface area contributed by atoms with E-state index in [0.717, 1.165) is 22.4 Å². The Morgan fingerprint density at radius 3 is 2.44 bits per heavy atom. The Bertz CT molecular complexity index is 1050. The van der Waals surface area contributed by atoms with Crippen molar-refractivity contribution in [2.24, 2.45) is 0 Å². The van der Waals surface area contributed by atoms with Crippen molar-refractivity contribution >= 4 is 6.09 Å². The van der Waals surface area contributed by atoms with Crippen LogP contribution in [0, 0.1) is 0 Å². The van der Waals surface area contributed by atoms with Crippen molar-refractivity contribution in [3.63, 3.8) is 0 Å². The Morgan fingerprint density at radius 2 is 1.84 bits per heavy atom. The van der Waals surface area contributed by atoms with Crippen molar-refractivity contribution < 1.29 is 14.6 Å². The number of aromatic nitrogens is 2. The summed E-state index contributed by atoms with van der Waals surface area (Å²) >= 11 is 0. The van der Waals surface area contributed by atoms with E-state index in [0.29, 0.717) is 19.4 Å². The number of carbonyl (C=O) groups excluding carboxylic acids is 1. The SMILES string of the molecule is C[C@@H](c1ccc(-c2cnccn2)cc1)N1CC[C@](CC(C)(C)O)(c2ccccc2)OC1=O. The Balaban J connectivity index is 1.54. The molecule has 0 radical (unpaired) electrons. The van der Waals surface area contributed by atoms with Crippen LogP contribution in [0.5, 0.6) is 0 Å². The van der Waals surface area contributed by atoms with E-state index in [1.54, 1.807) is 37.3 Å². The minimum atomic E-state index is -0.972. The van der Waals surface area contributed by atoms with Crippen LogP contribution in [-0.4, -0.2) is 38.2 Å². The van der Waals surface area contributed by atoms with Gasteiger partial charge in [0.25, 0.3) is 0 Å². The molecule has 4 rings (SSSR count). The predicted octanol–water partition coefficient (Wildman–Crippen LogP) is 5.10. The summed E-state index contributed by atoms with van der Waals surface area (Å²) < 4.78 is 6.09. The van der Waals surface area contributed by atoms with Gasteiger partial charge in [-0.25, -0.2) is 4.79 Å². The van der Waals surface area contributed by atoms with Gasteiger partial charge in [0.15, 0.2) is 0 Å². The van der Waals surface area contributed by atoms with Gasteiger partial charge in [-0.3, -0.25) is 9.97 Å². The molecule has 1 aromatic heterocycles. The van der Waals surface area contributed by atoms with Crippen molar-refractivity contribution in [1.82, 2.24) is 14.9 Å². The molecule has 1 aliphatic rings. The van der Waals surface area contributed by atoms with E-state index < -0.39 is 11.2 Å². The molecule has 6 heteroatoms. The quantitative estimate of drug-likeness (QED) is 0.587. The number of hydrogen-bond acceptors (Lipinski definition) is 5. The Labute approximate surface area is 188 Å². The standard InChI is InChI=1S/C26H29N3O3/c1-19(20-9-11-21(12-10-20)23-17-27-14-15-28-23)29-16-13-26(32-24(29)30,18-25(2,3)31)22-7-5-4-6-8-22/h4-12,14-15,17,19,31H,13,16,18H2,1-3H3/t19-,26-/m0/s1. The number of carbonyl (C=O) groups is 1. The summed E-state index contributed by atoms with van der Waals surface area (Å²) in [5.74, 6) is 0. The highest BCUT2D eigenvalue weighted by atomic mass is 16.6. The number of rotatable bonds is 6. The highest BCUT2D eigenvalue weighted by Crippen LogP contribution is 2.42. The fourth-order valence-electron chi connectivity index (χ4n) is 4.45. The van der Waals surface area contributed by atoms with Crippen molar-refractivity contribution in [3.05, 3.63) is 84.3 Å². The summed E-state index contributed by atoms with van der Waals surface area (Å²) in [6, 6.07) is 17.6. The molecule has 1 saturated heterocycles. The van der Waals surface area contributed by atoms with Crippen LogP contribution in [0.4, 0.5) is 4.79 Å². The topological polar surface area (TPSA) is 75.6 Å². The second kappa shape index (κ2) is 8.71. The van der Waals surface area contributed by atoms with Gasteiger partial charge in [0.1, 0.15) is 5.60 Å². The summed E-state index contributed by atoms with van der Waals surface area (Å²) in [7, 11) is 0. The molecule has 3 aromatic rings. The highest BCUT2D eigenvalue weighted by molar-refractivity contribution is 5.70. The summed E-state index contributed by atoms with van der Waals surface area (Å²) in [4.78, 5) is 23.4. The molecule has 2 heterocycles. The summed E-state index contributed by atoms with van der Waals surface area (Å²) in [5.41, 5.74) is 1.90. The number of ether oxygens (including phenoxy) is 1. The van der Waals surface area contributed by atoms with Gasteiger partial charge in [-0.05, 0) is 31.9 Å². The third-order valence-corrected chi connectivity index (χ3v) is 6.01. The third-order valence-electron chi connectivity index (χ3n) is 6.01. The Hall–Kier alpha value is -3.25. The zero-order valence-corrected chi connectivity index (χ0v) is 18.7. The van der Waals surface area contributed by atoms with Gasteiger partial charge in [0.2, 0.25) is 0 Å². The molecule has 0 saturated carbocycles. The molecule has 1 N–H and O–H groups in total. The van der Waals surface area contributed by atoms with Gasteiger partial charge in [-0.2, -0.15) is 0 Å². The maximum absolute atomic E-state index is 13.2. The normalized spacial score (nSPS) is 20.0. The van der Waals surface area contributed by atoms with Gasteiger partial charge < -0.3 is 14.7 Å². The van der Waals surface area contributed by atoms with E-state index >= 15 is 0 Å². The minimum absolute atomic E-state index is 0.144. The van der Waals surface area contributed by atoms with E-state index in [-0.39, 0.29) is 12.1 Å². The molecule has 0 aliphatic carbocycles. The molecule has 1 fully saturated rings. The first-order chi connectivity index (χ1) is 15.3. The van der Waals surface area contributed by atoms with Crippen LogP contribution in [0.2, 0.25) is 0 Å². The number of hydrogen-bond donors (Lipinski definition) is 1. The second-order valence-corrected chi connectivity index (χ2v) is 9.05. The lowest BCUT2D eigenvalue weighted by Crippen LogP contribution is -2.51. The van der Waals surface area contributed by atoms with Crippen LogP contribution in [0.1, 0.15) is 50.8 Å². The molecule has 0 spiro atoms. The van der Waals surface area contributed by atoms with Gasteiger partial charge >= 0.3 is 6.09 Å². The van der Waals surface area contributed by atoms with Crippen LogP contribution in [0.25, 0.3) is 11.3 Å². The molecule has 2 aromatic carbocycles. The molecule has 0 unspecified atom stereocenters. The molecule has 0 bridgehead atoms. The maximum Gasteiger partial charge on any atom is 0.411 e. The molecular weight excluding hydrogens is 402 g/mol. The number of aliphatic hydroxyl groups is 1.